The summed E-state index contributed by atoms with van der Waals surface area (Å²) in [6, 6.07) is 17.3. The van der Waals surface area contributed by atoms with Gasteiger partial charge in [-0.2, -0.15) is 0 Å². The van der Waals surface area contributed by atoms with Crippen molar-refractivity contribution in [3.8, 4) is 5.88 Å². The van der Waals surface area contributed by atoms with Crippen LogP contribution in [-0.2, 0) is 10.5 Å². The maximum absolute atomic E-state index is 12.1. The molecule has 0 bridgehead atoms. The predicted octanol–water partition coefficient (Wildman–Crippen LogP) is 4.81. The summed E-state index contributed by atoms with van der Waals surface area (Å²) in [5.41, 5.74) is 2.20. The third kappa shape index (κ3) is 3.65. The van der Waals surface area contributed by atoms with Gasteiger partial charge in [0.1, 0.15) is 0 Å². The fourth-order valence-corrected chi connectivity index (χ4v) is 3.09. The lowest BCUT2D eigenvalue weighted by Crippen LogP contribution is -2.09. The van der Waals surface area contributed by atoms with Crippen molar-refractivity contribution < 1.29 is 9.90 Å². The SMILES string of the molecule is C[C@@H](SCc1ccccc1)C(=O)N=Nc1c(O)[nH]c2ccccc12. The Labute approximate surface area is 143 Å². The molecule has 6 heteroatoms. The van der Waals surface area contributed by atoms with Crippen LogP contribution in [0.1, 0.15) is 12.5 Å². The van der Waals surface area contributed by atoms with E-state index >= 15 is 0 Å². The maximum Gasteiger partial charge on any atom is 0.277 e. The molecule has 0 spiro atoms. The van der Waals surface area contributed by atoms with Crippen molar-refractivity contribution in [3.05, 3.63) is 60.2 Å². The number of aromatic nitrogens is 1. The summed E-state index contributed by atoms with van der Waals surface area (Å²) >= 11 is 1.51. The van der Waals surface area contributed by atoms with Crippen molar-refractivity contribution in [3.63, 3.8) is 0 Å². The van der Waals surface area contributed by atoms with Gasteiger partial charge in [0.25, 0.3) is 5.91 Å². The summed E-state index contributed by atoms with van der Waals surface area (Å²) in [4.78, 5) is 14.9. The first-order chi connectivity index (χ1) is 11.6. The molecule has 122 valence electrons. The van der Waals surface area contributed by atoms with Crippen molar-refractivity contribution in [1.29, 1.82) is 0 Å². The third-order valence-corrected chi connectivity index (χ3v) is 4.80. The zero-order valence-corrected chi connectivity index (χ0v) is 14.0. The van der Waals surface area contributed by atoms with Crippen molar-refractivity contribution in [2.75, 3.05) is 0 Å². The number of carbonyl (C=O) groups excluding carboxylic acids is 1. The molecule has 0 unspecified atom stereocenters. The number of rotatable bonds is 5. The maximum atomic E-state index is 12.1. The quantitative estimate of drug-likeness (QED) is 0.655. The number of aromatic hydroxyl groups is 1. The summed E-state index contributed by atoms with van der Waals surface area (Å²) in [7, 11) is 0. The average Bonchev–Trinajstić information content (AvgIpc) is 2.93. The lowest BCUT2D eigenvalue weighted by molar-refractivity contribution is -0.117. The van der Waals surface area contributed by atoms with E-state index in [1.807, 2.05) is 61.5 Å². The van der Waals surface area contributed by atoms with Crippen LogP contribution >= 0.6 is 11.8 Å². The fourth-order valence-electron chi connectivity index (χ4n) is 2.26. The van der Waals surface area contributed by atoms with E-state index in [-0.39, 0.29) is 17.0 Å². The van der Waals surface area contributed by atoms with Crippen LogP contribution < -0.4 is 0 Å². The number of nitrogens with one attached hydrogen (secondary N) is 1. The summed E-state index contributed by atoms with van der Waals surface area (Å²) < 4.78 is 0. The molecule has 1 amide bonds. The number of aromatic amines is 1. The number of amides is 1. The van der Waals surface area contributed by atoms with Gasteiger partial charge < -0.3 is 10.1 Å². The Kier molecular flexibility index (Phi) is 4.96. The van der Waals surface area contributed by atoms with E-state index in [4.69, 9.17) is 0 Å². The van der Waals surface area contributed by atoms with Crippen molar-refractivity contribution >= 4 is 34.3 Å². The molecular formula is C18H17N3O2S. The molecule has 0 aliphatic heterocycles. The van der Waals surface area contributed by atoms with E-state index in [1.165, 1.54) is 11.8 Å². The largest absolute Gasteiger partial charge is 0.493 e. The molecule has 1 atom stereocenters. The molecule has 0 saturated carbocycles. The predicted molar refractivity (Wildman–Crippen MR) is 96.7 cm³/mol. The Hall–Kier alpha value is -2.60. The van der Waals surface area contributed by atoms with Crippen molar-refractivity contribution in [2.24, 2.45) is 10.2 Å². The van der Waals surface area contributed by atoms with Gasteiger partial charge in [-0.25, -0.2) is 0 Å². The highest BCUT2D eigenvalue weighted by Gasteiger charge is 2.15. The Bertz CT molecular complexity index is 874. The Morgan fingerprint density at radius 1 is 1.17 bits per heavy atom. The van der Waals surface area contributed by atoms with Crippen LogP contribution in [0.2, 0.25) is 0 Å². The summed E-state index contributed by atoms with van der Waals surface area (Å²) in [6.45, 7) is 1.81. The van der Waals surface area contributed by atoms with E-state index in [0.717, 1.165) is 22.2 Å². The van der Waals surface area contributed by atoms with Gasteiger partial charge >= 0.3 is 0 Å². The van der Waals surface area contributed by atoms with E-state index in [2.05, 4.69) is 15.2 Å². The van der Waals surface area contributed by atoms with Crippen LogP contribution in [0.25, 0.3) is 10.9 Å². The monoisotopic (exact) mass is 339 g/mol. The number of hydrogen-bond acceptors (Lipinski definition) is 4. The van der Waals surface area contributed by atoms with Crippen molar-refractivity contribution in [1.82, 2.24) is 4.98 Å². The first-order valence-corrected chi connectivity index (χ1v) is 8.61. The van der Waals surface area contributed by atoms with Crippen molar-refractivity contribution in [2.45, 2.75) is 17.9 Å². The van der Waals surface area contributed by atoms with Gasteiger partial charge in [-0.15, -0.1) is 22.0 Å². The number of carbonyl (C=O) groups is 1. The first-order valence-electron chi connectivity index (χ1n) is 7.56. The van der Waals surface area contributed by atoms with Crippen LogP contribution in [0, 0.1) is 0 Å². The van der Waals surface area contributed by atoms with E-state index in [9.17, 15) is 9.90 Å². The zero-order valence-electron chi connectivity index (χ0n) is 13.1. The van der Waals surface area contributed by atoms with Gasteiger partial charge in [0.2, 0.25) is 5.88 Å². The molecule has 0 aliphatic rings. The molecule has 1 aromatic heterocycles. The molecule has 0 saturated heterocycles. The van der Waals surface area contributed by atoms with Crippen LogP contribution in [0.3, 0.4) is 0 Å². The number of H-pyrrole nitrogens is 1. The molecule has 0 radical (unpaired) electrons. The second-order valence-corrected chi connectivity index (χ2v) is 6.67. The number of azo groups is 1. The molecule has 24 heavy (non-hydrogen) atoms. The highest BCUT2D eigenvalue weighted by atomic mass is 32.2. The molecule has 5 nitrogen and oxygen atoms in total. The minimum absolute atomic E-state index is 0.0858. The van der Waals surface area contributed by atoms with E-state index in [0.29, 0.717) is 5.69 Å². The molecule has 2 N–H and O–H groups in total. The second kappa shape index (κ2) is 7.31. The minimum atomic E-state index is -0.319. The minimum Gasteiger partial charge on any atom is -0.493 e. The first kappa shape index (κ1) is 16.3. The molecule has 0 aliphatic carbocycles. The molecule has 3 rings (SSSR count). The number of para-hydroxylation sites is 1. The Balaban J connectivity index is 1.67. The van der Waals surface area contributed by atoms with E-state index < -0.39 is 0 Å². The summed E-state index contributed by atoms with van der Waals surface area (Å²) in [6.07, 6.45) is 0. The molecular weight excluding hydrogens is 322 g/mol. The lowest BCUT2D eigenvalue weighted by atomic mass is 10.2. The normalized spacial score (nSPS) is 12.7. The summed E-state index contributed by atoms with van der Waals surface area (Å²) in [5.74, 6) is 0.333. The zero-order chi connectivity index (χ0) is 16.9. The van der Waals surface area contributed by atoms with Crippen LogP contribution in [0.15, 0.2) is 64.8 Å². The standard InChI is InChI=1S/C18H17N3O2S/c1-12(24-11-13-7-3-2-4-8-13)17(22)21-20-16-14-9-5-6-10-15(14)19-18(16)23/h2-10,12,19,23H,11H2,1H3/t12-/m1/s1. The number of benzene rings is 2. The van der Waals surface area contributed by atoms with E-state index in [1.54, 1.807) is 0 Å². The van der Waals surface area contributed by atoms with Gasteiger partial charge in [-0.05, 0) is 18.6 Å². The van der Waals surface area contributed by atoms with Crippen LogP contribution in [0.5, 0.6) is 5.88 Å². The second-order valence-electron chi connectivity index (χ2n) is 5.34. The Morgan fingerprint density at radius 3 is 2.67 bits per heavy atom. The number of thioether (sulfide) groups is 1. The van der Waals surface area contributed by atoms with Gasteiger partial charge in [-0.1, -0.05) is 48.5 Å². The smallest absolute Gasteiger partial charge is 0.277 e. The van der Waals surface area contributed by atoms with Gasteiger partial charge in [0.15, 0.2) is 5.69 Å². The number of fused-ring (bicyclic) bond motifs is 1. The highest BCUT2D eigenvalue weighted by Crippen LogP contribution is 2.35. The lowest BCUT2D eigenvalue weighted by Gasteiger charge is -2.06. The van der Waals surface area contributed by atoms with Crippen LogP contribution in [0.4, 0.5) is 5.69 Å². The molecule has 1 heterocycles. The average molecular weight is 339 g/mol. The topological polar surface area (TPSA) is 77.8 Å². The van der Waals surface area contributed by atoms with Gasteiger partial charge in [0, 0.05) is 11.1 Å². The van der Waals surface area contributed by atoms with Gasteiger partial charge in [-0.3, -0.25) is 4.79 Å². The molecule has 3 aromatic rings. The number of hydrogen-bond donors (Lipinski definition) is 2. The molecule has 2 aromatic carbocycles. The summed E-state index contributed by atoms with van der Waals surface area (Å²) in [5, 5.41) is 18.1. The Morgan fingerprint density at radius 2 is 1.88 bits per heavy atom. The molecule has 0 fully saturated rings. The number of nitrogens with zero attached hydrogens (tertiary/aromatic N) is 2. The van der Waals surface area contributed by atoms with Gasteiger partial charge in [0.05, 0.1) is 10.8 Å². The van der Waals surface area contributed by atoms with Crippen LogP contribution in [-0.4, -0.2) is 21.2 Å². The highest BCUT2D eigenvalue weighted by molar-refractivity contribution is 7.99. The third-order valence-electron chi connectivity index (χ3n) is 3.60. The fraction of sp³-hybridized carbons (Fsp3) is 0.167.